The molecule has 0 aliphatic carbocycles. The Morgan fingerprint density at radius 3 is 2.42 bits per heavy atom. The number of anilines is 1. The van der Waals surface area contributed by atoms with Gasteiger partial charge in [0.15, 0.2) is 8.68 Å². The number of aryl methyl sites for hydroxylation is 2. The Bertz CT molecular complexity index is 1220. The molecule has 0 saturated carbocycles. The third-order valence-electron chi connectivity index (χ3n) is 4.61. The molecule has 0 aliphatic heterocycles. The van der Waals surface area contributed by atoms with Gasteiger partial charge in [0.1, 0.15) is 11.6 Å². The number of hydrogen-bond donors (Lipinski definition) is 1. The van der Waals surface area contributed by atoms with Gasteiger partial charge in [-0.1, -0.05) is 64.7 Å². The van der Waals surface area contributed by atoms with Crippen LogP contribution in [-0.4, -0.2) is 38.7 Å². The lowest BCUT2D eigenvalue weighted by molar-refractivity contribution is -0.113. The quantitative estimate of drug-likeness (QED) is 0.311. The van der Waals surface area contributed by atoms with Gasteiger partial charge in [0.2, 0.25) is 5.91 Å². The van der Waals surface area contributed by atoms with Gasteiger partial charge in [-0.3, -0.25) is 4.79 Å². The third-order valence-corrected chi connectivity index (χ3v) is 7.87. The predicted octanol–water partition coefficient (Wildman–Crippen LogP) is 5.37. The molecule has 7 nitrogen and oxygen atoms in total. The largest absolute Gasteiger partial charge is 0.497 e. The molecule has 170 valence electrons. The highest BCUT2D eigenvalue weighted by atomic mass is 32.2. The Kier molecular flexibility index (Phi) is 7.69. The van der Waals surface area contributed by atoms with Gasteiger partial charge in [-0.05, 0) is 43.7 Å². The molecule has 4 aromatic rings. The molecule has 33 heavy (non-hydrogen) atoms. The highest BCUT2D eigenvalue weighted by molar-refractivity contribution is 8.03. The van der Waals surface area contributed by atoms with Crippen LogP contribution in [0.15, 0.2) is 63.3 Å². The minimum atomic E-state index is -0.115. The van der Waals surface area contributed by atoms with Crippen molar-refractivity contribution in [3.63, 3.8) is 0 Å². The molecule has 2 aromatic heterocycles. The first-order valence-corrected chi connectivity index (χ1v) is 12.9. The summed E-state index contributed by atoms with van der Waals surface area (Å²) in [5, 5.41) is 15.9. The first-order chi connectivity index (χ1) is 16.0. The first kappa shape index (κ1) is 23.3. The predicted molar refractivity (Wildman–Crippen MR) is 135 cm³/mol. The van der Waals surface area contributed by atoms with Gasteiger partial charge in [0, 0.05) is 11.8 Å². The maximum Gasteiger partial charge on any atom is 0.235 e. The fraction of sp³-hybridized carbons (Fsp3) is 0.217. The van der Waals surface area contributed by atoms with Crippen molar-refractivity contribution in [2.24, 2.45) is 0 Å². The van der Waals surface area contributed by atoms with Gasteiger partial charge >= 0.3 is 0 Å². The molecule has 4 rings (SSSR count). The highest BCUT2D eigenvalue weighted by Gasteiger charge is 2.13. The first-order valence-electron chi connectivity index (χ1n) is 10.2. The minimum Gasteiger partial charge on any atom is -0.497 e. The second-order valence-corrected chi connectivity index (χ2v) is 10.6. The van der Waals surface area contributed by atoms with E-state index in [1.165, 1.54) is 34.2 Å². The maximum absolute atomic E-state index is 12.6. The van der Waals surface area contributed by atoms with E-state index in [1.807, 2.05) is 68.4 Å². The van der Waals surface area contributed by atoms with E-state index < -0.39 is 0 Å². The summed E-state index contributed by atoms with van der Waals surface area (Å²) in [6.45, 7) is 3.94. The molecule has 10 heteroatoms. The van der Waals surface area contributed by atoms with Crippen LogP contribution in [-0.2, 0) is 10.5 Å². The molecule has 0 radical (unpaired) electrons. The summed E-state index contributed by atoms with van der Waals surface area (Å²) in [6, 6.07) is 17.8. The van der Waals surface area contributed by atoms with Gasteiger partial charge in [-0.15, -0.1) is 10.2 Å². The van der Waals surface area contributed by atoms with E-state index in [0.29, 0.717) is 5.82 Å². The number of benzene rings is 2. The van der Waals surface area contributed by atoms with E-state index in [9.17, 15) is 4.79 Å². The Balaban J connectivity index is 1.30. The van der Waals surface area contributed by atoms with Crippen LogP contribution in [0, 0.1) is 13.8 Å². The molecule has 0 atom stereocenters. The number of rotatable bonds is 9. The molecule has 1 amide bonds. The number of methoxy groups -OCH3 is 1. The summed E-state index contributed by atoms with van der Waals surface area (Å²) >= 11 is 4.50. The van der Waals surface area contributed by atoms with Gasteiger partial charge in [0.05, 0.1) is 24.2 Å². The van der Waals surface area contributed by atoms with Crippen molar-refractivity contribution in [2.45, 2.75) is 28.3 Å². The summed E-state index contributed by atoms with van der Waals surface area (Å²) in [7, 11) is 1.66. The van der Waals surface area contributed by atoms with Crippen LogP contribution < -0.4 is 10.1 Å². The molecular weight excluding hydrogens is 474 g/mol. The topological polar surface area (TPSA) is 81.9 Å². The Morgan fingerprint density at radius 2 is 1.73 bits per heavy atom. The molecule has 0 fully saturated rings. The molecule has 2 aromatic carbocycles. The smallest absolute Gasteiger partial charge is 0.235 e. The summed E-state index contributed by atoms with van der Waals surface area (Å²) < 4.78 is 8.58. The lowest BCUT2D eigenvalue weighted by Crippen LogP contribution is -2.16. The number of carbonyl (C=O) groups is 1. The number of nitrogens with zero attached hydrogens (tertiary/aromatic N) is 4. The van der Waals surface area contributed by atoms with Gasteiger partial charge < -0.3 is 10.1 Å². The molecule has 0 aliphatic rings. The van der Waals surface area contributed by atoms with Crippen molar-refractivity contribution >= 4 is 46.6 Å². The van der Waals surface area contributed by atoms with Crippen molar-refractivity contribution in [1.82, 2.24) is 20.0 Å². The van der Waals surface area contributed by atoms with E-state index in [2.05, 4.69) is 20.6 Å². The van der Waals surface area contributed by atoms with Crippen LogP contribution in [0.4, 0.5) is 5.82 Å². The van der Waals surface area contributed by atoms with Crippen LogP contribution in [0.25, 0.3) is 5.69 Å². The molecular formula is C23H23N5O2S3. The van der Waals surface area contributed by atoms with E-state index in [-0.39, 0.29) is 11.7 Å². The number of hydrogen-bond acceptors (Lipinski definition) is 8. The maximum atomic E-state index is 12.6. The number of aromatic nitrogens is 4. The standard InChI is InChI=1S/C23H23N5O2S3/c1-15-4-8-18(9-5-15)28-20(12-16(2)27-28)24-21(29)14-32-23-26-25-22(33-23)31-13-17-6-10-19(30-3)11-7-17/h4-12H,13-14H2,1-3H3,(H,24,29). The average Bonchev–Trinajstić information content (AvgIpc) is 3.43. The van der Waals surface area contributed by atoms with Crippen molar-refractivity contribution in [3.8, 4) is 11.4 Å². The van der Waals surface area contributed by atoms with Crippen LogP contribution in [0.2, 0.25) is 0 Å². The summed E-state index contributed by atoms with van der Waals surface area (Å²) in [4.78, 5) is 12.6. The SMILES string of the molecule is COc1ccc(CSc2nnc(SCC(=O)Nc3cc(C)nn3-c3ccc(C)cc3)s2)cc1. The third kappa shape index (κ3) is 6.37. The minimum absolute atomic E-state index is 0.115. The Hall–Kier alpha value is -2.82. The number of thioether (sulfide) groups is 2. The summed E-state index contributed by atoms with van der Waals surface area (Å²) in [6.07, 6.45) is 0. The fourth-order valence-electron chi connectivity index (χ4n) is 2.96. The van der Waals surface area contributed by atoms with Crippen molar-refractivity contribution in [1.29, 1.82) is 0 Å². The Labute approximate surface area is 205 Å². The van der Waals surface area contributed by atoms with E-state index >= 15 is 0 Å². The second-order valence-electron chi connectivity index (χ2n) is 7.23. The zero-order valence-corrected chi connectivity index (χ0v) is 20.9. The van der Waals surface area contributed by atoms with Crippen LogP contribution >= 0.6 is 34.9 Å². The van der Waals surface area contributed by atoms with Gasteiger partial charge in [-0.25, -0.2) is 4.68 Å². The van der Waals surface area contributed by atoms with Crippen LogP contribution in [0.1, 0.15) is 16.8 Å². The van der Waals surface area contributed by atoms with Crippen LogP contribution in [0.3, 0.4) is 0 Å². The molecule has 1 N–H and O–H groups in total. The lowest BCUT2D eigenvalue weighted by Gasteiger charge is -2.08. The normalized spacial score (nSPS) is 10.9. The lowest BCUT2D eigenvalue weighted by atomic mass is 10.2. The monoisotopic (exact) mass is 497 g/mol. The average molecular weight is 498 g/mol. The fourth-order valence-corrected chi connectivity index (χ4v) is 5.73. The number of ether oxygens (including phenoxy) is 1. The van der Waals surface area contributed by atoms with Crippen molar-refractivity contribution in [3.05, 3.63) is 71.4 Å². The number of carbonyl (C=O) groups excluding carboxylic acids is 1. The van der Waals surface area contributed by atoms with E-state index in [0.717, 1.165) is 31.6 Å². The highest BCUT2D eigenvalue weighted by Crippen LogP contribution is 2.31. The Morgan fingerprint density at radius 1 is 1.03 bits per heavy atom. The van der Waals surface area contributed by atoms with Gasteiger partial charge in [0.25, 0.3) is 0 Å². The molecule has 0 unspecified atom stereocenters. The summed E-state index contributed by atoms with van der Waals surface area (Å²) in [5.41, 5.74) is 4.09. The van der Waals surface area contributed by atoms with Crippen molar-refractivity contribution < 1.29 is 9.53 Å². The number of nitrogens with one attached hydrogen (secondary N) is 1. The molecule has 0 bridgehead atoms. The van der Waals surface area contributed by atoms with Crippen LogP contribution in [0.5, 0.6) is 5.75 Å². The summed E-state index contributed by atoms with van der Waals surface area (Å²) in [5.74, 6) is 2.42. The zero-order chi connectivity index (χ0) is 23.2. The molecule has 0 spiro atoms. The zero-order valence-electron chi connectivity index (χ0n) is 18.4. The number of amides is 1. The van der Waals surface area contributed by atoms with E-state index in [4.69, 9.17) is 4.74 Å². The second kappa shape index (κ2) is 10.9. The molecule has 0 saturated heterocycles. The van der Waals surface area contributed by atoms with E-state index in [1.54, 1.807) is 23.6 Å². The van der Waals surface area contributed by atoms with Gasteiger partial charge in [-0.2, -0.15) is 5.10 Å². The molecule has 2 heterocycles. The van der Waals surface area contributed by atoms with Crippen molar-refractivity contribution in [2.75, 3.05) is 18.2 Å².